The smallest absolute Gasteiger partial charge is 0.155 e. The summed E-state index contributed by atoms with van der Waals surface area (Å²) in [5, 5.41) is 1.19. The van der Waals surface area contributed by atoms with Crippen LogP contribution in [0.15, 0.2) is 34.9 Å². The maximum absolute atomic E-state index is 11.8. The largest absolute Gasteiger partial charge is 0.340 e. The number of benzene rings is 1. The van der Waals surface area contributed by atoms with Gasteiger partial charge in [-0.15, -0.1) is 0 Å². The minimum atomic E-state index is 0.338. The van der Waals surface area contributed by atoms with Crippen LogP contribution in [0.4, 0.5) is 0 Å². The molecule has 0 amide bonds. The lowest BCUT2D eigenvalue weighted by atomic mass is 10.2. The number of ketones is 1. The minimum Gasteiger partial charge on any atom is -0.340 e. The molecule has 1 saturated carbocycles. The highest BCUT2D eigenvalue weighted by molar-refractivity contribution is 9.10. The van der Waals surface area contributed by atoms with Gasteiger partial charge < -0.3 is 4.57 Å². The molecule has 16 heavy (non-hydrogen) atoms. The Morgan fingerprint density at radius 3 is 2.94 bits per heavy atom. The third-order valence-electron chi connectivity index (χ3n) is 3.09. The maximum Gasteiger partial charge on any atom is 0.155 e. The van der Waals surface area contributed by atoms with E-state index in [2.05, 4.69) is 34.1 Å². The van der Waals surface area contributed by atoms with Gasteiger partial charge in [0.1, 0.15) is 0 Å². The van der Waals surface area contributed by atoms with Crippen molar-refractivity contribution in [2.75, 3.05) is 0 Å². The number of hydrogen-bond acceptors (Lipinski definition) is 1. The van der Waals surface area contributed by atoms with Gasteiger partial charge in [-0.3, -0.25) is 4.79 Å². The third kappa shape index (κ3) is 1.80. The second-order valence-corrected chi connectivity index (χ2v) is 5.30. The summed E-state index contributed by atoms with van der Waals surface area (Å²) < 4.78 is 3.10. The highest BCUT2D eigenvalue weighted by atomic mass is 79.9. The van der Waals surface area contributed by atoms with Crippen LogP contribution in [0.5, 0.6) is 0 Å². The van der Waals surface area contributed by atoms with E-state index in [1.54, 1.807) is 0 Å². The van der Waals surface area contributed by atoms with Gasteiger partial charge in [0.15, 0.2) is 5.78 Å². The van der Waals surface area contributed by atoms with Crippen molar-refractivity contribution in [3.05, 3.63) is 34.9 Å². The Bertz CT molecular complexity index is 554. The van der Waals surface area contributed by atoms with Crippen molar-refractivity contribution in [3.63, 3.8) is 0 Å². The standard InChI is InChI=1S/C13H12BrNO/c14-11-4-3-9-5-6-15(12(9)7-11)8-13(16)10-1-2-10/h3-7,10H,1-2,8H2. The summed E-state index contributed by atoms with van der Waals surface area (Å²) in [6.45, 7) is 0.518. The van der Waals surface area contributed by atoms with E-state index >= 15 is 0 Å². The van der Waals surface area contributed by atoms with Crippen LogP contribution in [0.25, 0.3) is 10.9 Å². The monoisotopic (exact) mass is 277 g/mol. The van der Waals surface area contributed by atoms with Crippen molar-refractivity contribution < 1.29 is 4.79 Å². The number of aromatic nitrogens is 1. The van der Waals surface area contributed by atoms with Crippen LogP contribution < -0.4 is 0 Å². The second kappa shape index (κ2) is 3.74. The van der Waals surface area contributed by atoms with Crippen molar-refractivity contribution in [2.45, 2.75) is 19.4 Å². The molecule has 1 fully saturated rings. The van der Waals surface area contributed by atoms with Crippen LogP contribution in [0.2, 0.25) is 0 Å². The zero-order valence-corrected chi connectivity index (χ0v) is 10.4. The number of hydrogen-bond donors (Lipinski definition) is 0. The molecule has 1 aliphatic carbocycles. The summed E-state index contributed by atoms with van der Waals surface area (Å²) >= 11 is 3.46. The molecule has 3 heteroatoms. The zero-order chi connectivity index (χ0) is 11.1. The van der Waals surface area contributed by atoms with Crippen molar-refractivity contribution >= 4 is 32.6 Å². The first kappa shape index (κ1) is 10.1. The quantitative estimate of drug-likeness (QED) is 0.843. The molecule has 2 nitrogen and oxygen atoms in total. The number of nitrogens with zero attached hydrogens (tertiary/aromatic N) is 1. The molecule has 2 aromatic rings. The Balaban J connectivity index is 1.96. The summed E-state index contributed by atoms with van der Waals surface area (Å²) in [6, 6.07) is 8.21. The fraction of sp³-hybridized carbons (Fsp3) is 0.308. The van der Waals surface area contributed by atoms with Gasteiger partial charge in [0.05, 0.1) is 6.54 Å². The molecule has 1 aromatic heterocycles. The average Bonchev–Trinajstić information content (AvgIpc) is 3.04. The number of fused-ring (bicyclic) bond motifs is 1. The van der Waals surface area contributed by atoms with Crippen molar-refractivity contribution in [1.29, 1.82) is 0 Å². The van der Waals surface area contributed by atoms with Crippen LogP contribution in [-0.2, 0) is 11.3 Å². The van der Waals surface area contributed by atoms with Crippen LogP contribution in [0, 0.1) is 5.92 Å². The van der Waals surface area contributed by atoms with E-state index in [-0.39, 0.29) is 0 Å². The molecule has 0 spiro atoms. The van der Waals surface area contributed by atoms with E-state index in [0.29, 0.717) is 18.2 Å². The molecule has 3 rings (SSSR count). The molecule has 0 aliphatic heterocycles. The Morgan fingerprint density at radius 2 is 2.19 bits per heavy atom. The Kier molecular flexibility index (Phi) is 2.36. The fourth-order valence-electron chi connectivity index (χ4n) is 2.00. The molecule has 1 heterocycles. The second-order valence-electron chi connectivity index (χ2n) is 4.39. The van der Waals surface area contributed by atoms with E-state index in [0.717, 1.165) is 22.8 Å². The van der Waals surface area contributed by atoms with Crippen molar-refractivity contribution in [1.82, 2.24) is 4.57 Å². The summed E-state index contributed by atoms with van der Waals surface area (Å²) in [4.78, 5) is 11.8. The predicted molar refractivity (Wildman–Crippen MR) is 67.4 cm³/mol. The first-order valence-corrected chi connectivity index (χ1v) is 6.30. The molecule has 1 aliphatic rings. The zero-order valence-electron chi connectivity index (χ0n) is 8.82. The molecule has 0 atom stereocenters. The van der Waals surface area contributed by atoms with E-state index in [4.69, 9.17) is 0 Å². The lowest BCUT2D eigenvalue weighted by molar-refractivity contribution is -0.120. The van der Waals surface area contributed by atoms with Crippen LogP contribution in [0.1, 0.15) is 12.8 Å². The molecular formula is C13H12BrNO. The molecular weight excluding hydrogens is 266 g/mol. The lowest BCUT2D eigenvalue weighted by Crippen LogP contribution is -2.10. The van der Waals surface area contributed by atoms with Crippen LogP contribution in [-0.4, -0.2) is 10.4 Å². The van der Waals surface area contributed by atoms with Crippen LogP contribution >= 0.6 is 15.9 Å². The van der Waals surface area contributed by atoms with Gasteiger partial charge in [0, 0.05) is 22.1 Å². The molecule has 0 radical (unpaired) electrons. The summed E-state index contributed by atoms with van der Waals surface area (Å²) in [5.41, 5.74) is 1.13. The SMILES string of the molecule is O=C(Cn1ccc2ccc(Br)cc21)C1CC1. The highest BCUT2D eigenvalue weighted by Crippen LogP contribution is 2.31. The third-order valence-corrected chi connectivity index (χ3v) is 3.59. The topological polar surface area (TPSA) is 22.0 Å². The number of carbonyl (C=O) groups excluding carboxylic acids is 1. The number of carbonyl (C=O) groups is 1. The van der Waals surface area contributed by atoms with Gasteiger partial charge in [0.25, 0.3) is 0 Å². The maximum atomic E-state index is 11.8. The molecule has 0 saturated heterocycles. The van der Waals surface area contributed by atoms with Gasteiger partial charge in [-0.1, -0.05) is 22.0 Å². The fourth-order valence-corrected chi connectivity index (χ4v) is 2.35. The summed E-state index contributed by atoms with van der Waals surface area (Å²) in [5.74, 6) is 0.710. The van der Waals surface area contributed by atoms with Gasteiger partial charge >= 0.3 is 0 Å². The lowest BCUT2D eigenvalue weighted by Gasteiger charge is -2.04. The molecule has 1 aromatic carbocycles. The van der Waals surface area contributed by atoms with Gasteiger partial charge in [-0.25, -0.2) is 0 Å². The normalized spacial score (nSPS) is 15.6. The Labute approximate surface area is 102 Å². The van der Waals surface area contributed by atoms with E-state index in [1.165, 1.54) is 5.39 Å². The molecule has 0 bridgehead atoms. The van der Waals surface area contributed by atoms with Gasteiger partial charge in [0.2, 0.25) is 0 Å². The van der Waals surface area contributed by atoms with E-state index < -0.39 is 0 Å². The van der Waals surface area contributed by atoms with Gasteiger partial charge in [-0.05, 0) is 36.4 Å². The molecule has 0 unspecified atom stereocenters. The van der Waals surface area contributed by atoms with Gasteiger partial charge in [-0.2, -0.15) is 0 Å². The predicted octanol–water partition coefficient (Wildman–Crippen LogP) is 3.38. The summed E-state index contributed by atoms with van der Waals surface area (Å²) in [6.07, 6.45) is 4.17. The molecule has 82 valence electrons. The summed E-state index contributed by atoms with van der Waals surface area (Å²) in [7, 11) is 0. The highest BCUT2D eigenvalue weighted by Gasteiger charge is 2.29. The molecule has 0 N–H and O–H groups in total. The van der Waals surface area contributed by atoms with E-state index in [1.807, 2.05) is 16.8 Å². The van der Waals surface area contributed by atoms with Crippen LogP contribution in [0.3, 0.4) is 0 Å². The van der Waals surface area contributed by atoms with Crippen molar-refractivity contribution in [2.24, 2.45) is 5.92 Å². The van der Waals surface area contributed by atoms with E-state index in [9.17, 15) is 4.79 Å². The first-order chi connectivity index (χ1) is 7.74. The number of halogens is 1. The number of rotatable bonds is 3. The first-order valence-electron chi connectivity index (χ1n) is 5.51. The average molecular weight is 278 g/mol. The van der Waals surface area contributed by atoms with Crippen molar-refractivity contribution in [3.8, 4) is 0 Å². The minimum absolute atomic E-state index is 0.338. The number of Topliss-reactive ketones (excluding diaryl/α,β-unsaturated/α-hetero) is 1. The Hall–Kier alpha value is -1.09. The Morgan fingerprint density at radius 1 is 1.38 bits per heavy atom.